The maximum Gasteiger partial charge on any atom is 0.232 e. The second-order valence-electron chi connectivity index (χ2n) is 10.4. The number of para-hydroxylation sites is 1. The van der Waals surface area contributed by atoms with Gasteiger partial charge in [0.2, 0.25) is 5.95 Å². The molecule has 2 aliphatic heterocycles. The molecular formula is C30H39N7S. The van der Waals surface area contributed by atoms with E-state index < -0.39 is 0 Å². The van der Waals surface area contributed by atoms with Crippen LogP contribution in [0.3, 0.4) is 0 Å². The van der Waals surface area contributed by atoms with E-state index in [1.54, 1.807) is 0 Å². The van der Waals surface area contributed by atoms with Crippen LogP contribution in [0.5, 0.6) is 0 Å². The molecule has 0 saturated carbocycles. The Bertz CT molecular complexity index is 1170. The molecule has 38 heavy (non-hydrogen) atoms. The van der Waals surface area contributed by atoms with Crippen LogP contribution in [-0.2, 0) is 6.42 Å². The summed E-state index contributed by atoms with van der Waals surface area (Å²) in [5, 5.41) is 7.19. The Labute approximate surface area is 232 Å². The van der Waals surface area contributed by atoms with Crippen LogP contribution in [0.1, 0.15) is 31.7 Å². The Hall–Kier alpha value is -3.39. The first kappa shape index (κ1) is 26.2. The van der Waals surface area contributed by atoms with Crippen molar-refractivity contribution in [2.75, 3.05) is 65.8 Å². The van der Waals surface area contributed by atoms with Gasteiger partial charge in [-0.05, 0) is 61.5 Å². The third kappa shape index (κ3) is 7.13. The number of benzene rings is 2. The molecule has 2 aromatic carbocycles. The maximum absolute atomic E-state index is 5.62. The van der Waals surface area contributed by atoms with Gasteiger partial charge in [0, 0.05) is 57.6 Å². The number of aromatic nitrogens is 2. The molecule has 2 N–H and O–H groups in total. The summed E-state index contributed by atoms with van der Waals surface area (Å²) in [6, 6.07) is 23.4. The lowest BCUT2D eigenvalue weighted by molar-refractivity contribution is 0.444. The Morgan fingerprint density at radius 3 is 2.24 bits per heavy atom. The highest BCUT2D eigenvalue weighted by atomic mass is 32.1. The number of nitrogens with zero attached hydrogens (tertiary/aromatic N) is 5. The molecule has 5 rings (SSSR count). The van der Waals surface area contributed by atoms with Crippen molar-refractivity contribution in [2.45, 2.75) is 32.6 Å². The summed E-state index contributed by atoms with van der Waals surface area (Å²) in [6.07, 6.45) is 4.50. The maximum atomic E-state index is 5.62. The highest BCUT2D eigenvalue weighted by Gasteiger charge is 2.23. The number of anilines is 4. The lowest BCUT2D eigenvalue weighted by Gasteiger charge is -2.37. The van der Waals surface area contributed by atoms with E-state index in [2.05, 4.69) is 99.0 Å². The van der Waals surface area contributed by atoms with Crippen molar-refractivity contribution in [1.82, 2.24) is 15.3 Å². The van der Waals surface area contributed by atoms with Gasteiger partial charge in [-0.2, -0.15) is 9.97 Å². The van der Waals surface area contributed by atoms with Crippen molar-refractivity contribution >= 4 is 40.6 Å². The average molecular weight is 530 g/mol. The summed E-state index contributed by atoms with van der Waals surface area (Å²) in [6.45, 7) is 8.96. The predicted octanol–water partition coefficient (Wildman–Crippen LogP) is 4.96. The van der Waals surface area contributed by atoms with Crippen molar-refractivity contribution in [3.8, 4) is 0 Å². The molecule has 3 aromatic rings. The zero-order valence-corrected chi connectivity index (χ0v) is 23.2. The SMILES string of the molecule is CC1CCCN(c2cc(N3CCN(c4ccccc4)CC3)nc(NC(=S)NCCCc3ccccc3)n2)C1. The lowest BCUT2D eigenvalue weighted by atomic mass is 10.0. The van der Waals surface area contributed by atoms with E-state index in [1.165, 1.54) is 24.1 Å². The highest BCUT2D eigenvalue weighted by Crippen LogP contribution is 2.27. The average Bonchev–Trinajstić information content (AvgIpc) is 2.96. The van der Waals surface area contributed by atoms with E-state index in [0.29, 0.717) is 17.0 Å². The first-order valence-corrected chi connectivity index (χ1v) is 14.3. The highest BCUT2D eigenvalue weighted by molar-refractivity contribution is 7.80. The number of piperazine rings is 1. The first-order chi connectivity index (χ1) is 18.6. The van der Waals surface area contributed by atoms with Crippen LogP contribution in [0.2, 0.25) is 0 Å². The number of hydrogen-bond acceptors (Lipinski definition) is 6. The molecule has 3 heterocycles. The van der Waals surface area contributed by atoms with E-state index in [-0.39, 0.29) is 0 Å². The smallest absolute Gasteiger partial charge is 0.232 e. The summed E-state index contributed by atoms with van der Waals surface area (Å²) in [5.74, 6) is 3.19. The molecule has 0 spiro atoms. The summed E-state index contributed by atoms with van der Waals surface area (Å²) in [7, 11) is 0. The van der Waals surface area contributed by atoms with Gasteiger partial charge in [0.1, 0.15) is 11.6 Å². The molecule has 1 aromatic heterocycles. The summed E-state index contributed by atoms with van der Waals surface area (Å²) >= 11 is 5.62. The number of piperidine rings is 1. The third-order valence-corrected chi connectivity index (χ3v) is 7.65. The fraction of sp³-hybridized carbons (Fsp3) is 0.433. The predicted molar refractivity (Wildman–Crippen MR) is 162 cm³/mol. The third-order valence-electron chi connectivity index (χ3n) is 7.40. The van der Waals surface area contributed by atoms with E-state index in [4.69, 9.17) is 22.2 Å². The van der Waals surface area contributed by atoms with E-state index in [9.17, 15) is 0 Å². The normalized spacial score (nSPS) is 17.8. The van der Waals surface area contributed by atoms with Gasteiger partial charge in [-0.1, -0.05) is 55.5 Å². The minimum atomic E-state index is 0.571. The fourth-order valence-electron chi connectivity index (χ4n) is 5.32. The molecule has 200 valence electrons. The second-order valence-corrected chi connectivity index (χ2v) is 10.8. The summed E-state index contributed by atoms with van der Waals surface area (Å²) in [5.41, 5.74) is 2.63. The van der Waals surface area contributed by atoms with E-state index in [1.807, 2.05) is 0 Å². The summed E-state index contributed by atoms with van der Waals surface area (Å²) in [4.78, 5) is 17.0. The fourth-order valence-corrected chi connectivity index (χ4v) is 5.51. The van der Waals surface area contributed by atoms with Gasteiger partial charge in [0.15, 0.2) is 5.11 Å². The molecular weight excluding hydrogens is 490 g/mol. The van der Waals surface area contributed by atoms with Crippen LogP contribution in [0.4, 0.5) is 23.3 Å². The van der Waals surface area contributed by atoms with Crippen molar-refractivity contribution in [1.29, 1.82) is 0 Å². The molecule has 0 amide bonds. The molecule has 0 radical (unpaired) electrons. The van der Waals surface area contributed by atoms with Crippen molar-refractivity contribution < 1.29 is 0 Å². The number of rotatable bonds is 8. The van der Waals surface area contributed by atoms with Gasteiger partial charge < -0.3 is 25.3 Å². The van der Waals surface area contributed by atoms with Crippen LogP contribution in [0, 0.1) is 5.92 Å². The van der Waals surface area contributed by atoms with Gasteiger partial charge in [-0.25, -0.2) is 0 Å². The van der Waals surface area contributed by atoms with Gasteiger partial charge in [-0.3, -0.25) is 0 Å². The monoisotopic (exact) mass is 529 g/mol. The molecule has 0 bridgehead atoms. The second kappa shape index (κ2) is 12.9. The van der Waals surface area contributed by atoms with Crippen LogP contribution < -0.4 is 25.3 Å². The Morgan fingerprint density at radius 2 is 1.53 bits per heavy atom. The number of aryl methyl sites for hydroxylation is 1. The van der Waals surface area contributed by atoms with Crippen LogP contribution in [-0.4, -0.2) is 60.9 Å². The van der Waals surface area contributed by atoms with Crippen molar-refractivity contribution in [3.63, 3.8) is 0 Å². The van der Waals surface area contributed by atoms with E-state index >= 15 is 0 Å². The van der Waals surface area contributed by atoms with Crippen molar-refractivity contribution in [3.05, 3.63) is 72.3 Å². The molecule has 8 heteroatoms. The number of thiocarbonyl (C=S) groups is 1. The zero-order valence-electron chi connectivity index (χ0n) is 22.4. The Kier molecular flexibility index (Phi) is 8.91. The van der Waals surface area contributed by atoms with Crippen LogP contribution in [0.25, 0.3) is 0 Å². The lowest BCUT2D eigenvalue weighted by Crippen LogP contribution is -2.47. The Morgan fingerprint density at radius 1 is 0.868 bits per heavy atom. The molecule has 2 saturated heterocycles. The quantitative estimate of drug-likeness (QED) is 0.314. The van der Waals surface area contributed by atoms with Gasteiger partial charge in [0.05, 0.1) is 0 Å². The molecule has 2 fully saturated rings. The number of nitrogens with one attached hydrogen (secondary N) is 2. The van der Waals surface area contributed by atoms with Crippen molar-refractivity contribution in [2.24, 2.45) is 5.92 Å². The minimum absolute atomic E-state index is 0.571. The molecule has 1 unspecified atom stereocenters. The number of hydrogen-bond donors (Lipinski definition) is 2. The topological polar surface area (TPSA) is 59.6 Å². The van der Waals surface area contributed by atoms with Gasteiger partial charge in [-0.15, -0.1) is 0 Å². The summed E-state index contributed by atoms with van der Waals surface area (Å²) < 4.78 is 0. The Balaban J connectivity index is 1.24. The minimum Gasteiger partial charge on any atom is -0.368 e. The molecule has 7 nitrogen and oxygen atoms in total. The van der Waals surface area contributed by atoms with Crippen LogP contribution in [0.15, 0.2) is 66.7 Å². The molecule has 0 aliphatic carbocycles. The van der Waals surface area contributed by atoms with Crippen LogP contribution >= 0.6 is 12.2 Å². The zero-order chi connectivity index (χ0) is 26.2. The molecule has 2 aliphatic rings. The first-order valence-electron chi connectivity index (χ1n) is 13.9. The largest absolute Gasteiger partial charge is 0.368 e. The van der Waals surface area contributed by atoms with E-state index in [0.717, 1.165) is 70.3 Å². The van der Waals surface area contributed by atoms with Gasteiger partial charge in [0.25, 0.3) is 0 Å². The molecule has 1 atom stereocenters. The van der Waals surface area contributed by atoms with Gasteiger partial charge >= 0.3 is 0 Å². The standard InChI is InChI=1S/C30H39N7S/c1-24-10-9-17-37(23-24)28-22-27(36-20-18-35(19-21-36)26-14-6-3-7-15-26)32-29(33-28)34-30(38)31-16-8-13-25-11-4-2-5-12-25/h2-7,11-12,14-15,22,24H,8-10,13,16-21,23H2,1H3,(H2,31,32,33,34,38).